The average Bonchev–Trinajstić information content (AvgIpc) is 2.48. The molecule has 0 spiro atoms. The van der Waals surface area contributed by atoms with Crippen molar-refractivity contribution in [2.24, 2.45) is 0 Å². The van der Waals surface area contributed by atoms with E-state index in [1.54, 1.807) is 12.4 Å². The predicted molar refractivity (Wildman–Crippen MR) is 76.3 cm³/mol. The maximum absolute atomic E-state index is 11.9. The number of nitrogens with one attached hydrogen (secondary N) is 2. The number of pyridine rings is 1. The Morgan fingerprint density at radius 2 is 1.79 bits per heavy atom. The van der Waals surface area contributed by atoms with Gasteiger partial charge < -0.3 is 10.6 Å². The third-order valence-electron chi connectivity index (χ3n) is 2.88. The van der Waals surface area contributed by atoms with Crippen molar-refractivity contribution >= 4 is 11.6 Å². The van der Waals surface area contributed by atoms with E-state index < -0.39 is 0 Å². The molecule has 0 unspecified atom stereocenters. The highest BCUT2D eigenvalue weighted by molar-refractivity contribution is 5.94. The molecule has 2 aromatic rings. The number of anilines is 1. The van der Waals surface area contributed by atoms with Crippen LogP contribution in [0.4, 0.5) is 5.69 Å². The van der Waals surface area contributed by atoms with Gasteiger partial charge in [0.1, 0.15) is 0 Å². The van der Waals surface area contributed by atoms with Crippen LogP contribution < -0.4 is 10.6 Å². The molecule has 0 radical (unpaired) electrons. The van der Waals surface area contributed by atoms with Crippen LogP contribution in [-0.4, -0.2) is 24.5 Å². The molecule has 4 heteroatoms. The molecule has 0 bridgehead atoms. The molecule has 1 amide bonds. The number of hydrogen-bond acceptors (Lipinski definition) is 3. The predicted octanol–water partition coefficient (Wildman–Crippen LogP) is 2.10. The first-order valence-corrected chi connectivity index (χ1v) is 6.24. The van der Waals surface area contributed by atoms with Gasteiger partial charge in [0.05, 0.1) is 0 Å². The minimum Gasteiger partial charge on any atom is -0.388 e. The van der Waals surface area contributed by atoms with Gasteiger partial charge in [-0.25, -0.2) is 0 Å². The maximum Gasteiger partial charge on any atom is 0.251 e. The summed E-state index contributed by atoms with van der Waals surface area (Å²) in [5, 5.41) is 5.93. The van der Waals surface area contributed by atoms with Gasteiger partial charge in [-0.3, -0.25) is 9.78 Å². The van der Waals surface area contributed by atoms with E-state index in [1.807, 2.05) is 43.4 Å². The number of nitrogens with zero attached hydrogens (tertiary/aromatic N) is 1. The summed E-state index contributed by atoms with van der Waals surface area (Å²) in [5.41, 5.74) is 2.84. The van der Waals surface area contributed by atoms with Gasteiger partial charge in [0.25, 0.3) is 5.91 Å². The van der Waals surface area contributed by atoms with Gasteiger partial charge in [-0.05, 0) is 48.4 Å². The Balaban J connectivity index is 1.84. The van der Waals surface area contributed by atoms with Gasteiger partial charge in [-0.1, -0.05) is 0 Å². The van der Waals surface area contributed by atoms with Crippen molar-refractivity contribution in [2.45, 2.75) is 6.42 Å². The minimum absolute atomic E-state index is 0.0447. The topological polar surface area (TPSA) is 54.0 Å². The molecule has 1 aromatic heterocycles. The molecule has 4 nitrogen and oxygen atoms in total. The fourth-order valence-electron chi connectivity index (χ4n) is 1.76. The first-order valence-electron chi connectivity index (χ1n) is 6.24. The lowest BCUT2D eigenvalue weighted by Crippen LogP contribution is -2.25. The van der Waals surface area contributed by atoms with Gasteiger partial charge in [-0.15, -0.1) is 0 Å². The average molecular weight is 255 g/mol. The summed E-state index contributed by atoms with van der Waals surface area (Å²) in [6.07, 6.45) is 4.32. The van der Waals surface area contributed by atoms with Crippen molar-refractivity contribution < 1.29 is 4.79 Å². The first-order chi connectivity index (χ1) is 9.29. The van der Waals surface area contributed by atoms with Crippen molar-refractivity contribution in [3.8, 4) is 0 Å². The lowest BCUT2D eigenvalue weighted by Gasteiger charge is -2.06. The molecule has 0 fully saturated rings. The fraction of sp³-hybridized carbons (Fsp3) is 0.200. The Hall–Kier alpha value is -2.36. The molecular formula is C15H17N3O. The number of rotatable bonds is 5. The zero-order valence-corrected chi connectivity index (χ0v) is 10.9. The molecule has 0 aliphatic rings. The second-order valence-electron chi connectivity index (χ2n) is 4.19. The summed E-state index contributed by atoms with van der Waals surface area (Å²) in [6.45, 7) is 0.622. The van der Waals surface area contributed by atoms with Crippen LogP contribution >= 0.6 is 0 Å². The van der Waals surface area contributed by atoms with Crippen LogP contribution in [0.25, 0.3) is 0 Å². The van der Waals surface area contributed by atoms with E-state index in [2.05, 4.69) is 15.6 Å². The number of amides is 1. The van der Waals surface area contributed by atoms with Crippen LogP contribution in [0.3, 0.4) is 0 Å². The zero-order chi connectivity index (χ0) is 13.5. The minimum atomic E-state index is -0.0447. The molecule has 98 valence electrons. The lowest BCUT2D eigenvalue weighted by molar-refractivity contribution is 0.0954. The lowest BCUT2D eigenvalue weighted by atomic mass is 10.1. The normalized spacial score (nSPS) is 9.95. The molecule has 19 heavy (non-hydrogen) atoms. The van der Waals surface area contributed by atoms with Gasteiger partial charge in [-0.2, -0.15) is 0 Å². The molecule has 1 heterocycles. The van der Waals surface area contributed by atoms with Crippen molar-refractivity contribution in [3.63, 3.8) is 0 Å². The Labute approximate surface area is 112 Å². The SMILES string of the molecule is CNc1ccc(C(=O)NCCc2ccncc2)cc1. The first kappa shape index (κ1) is 13.1. The maximum atomic E-state index is 11.9. The van der Waals surface area contributed by atoms with Gasteiger partial charge >= 0.3 is 0 Å². The fourth-order valence-corrected chi connectivity index (χ4v) is 1.76. The van der Waals surface area contributed by atoms with Gasteiger partial charge in [0.2, 0.25) is 0 Å². The molecule has 0 aliphatic carbocycles. The Kier molecular flexibility index (Phi) is 4.50. The molecular weight excluding hydrogens is 238 g/mol. The van der Waals surface area contributed by atoms with Crippen LogP contribution in [0.2, 0.25) is 0 Å². The van der Waals surface area contributed by atoms with E-state index in [9.17, 15) is 4.79 Å². The smallest absolute Gasteiger partial charge is 0.251 e. The Morgan fingerprint density at radius 3 is 2.42 bits per heavy atom. The molecule has 0 saturated carbocycles. The van der Waals surface area contributed by atoms with E-state index in [0.717, 1.165) is 12.1 Å². The summed E-state index contributed by atoms with van der Waals surface area (Å²) in [7, 11) is 1.85. The number of carbonyl (C=O) groups is 1. The largest absolute Gasteiger partial charge is 0.388 e. The van der Waals surface area contributed by atoms with Crippen LogP contribution in [0.5, 0.6) is 0 Å². The summed E-state index contributed by atoms with van der Waals surface area (Å²) in [5.74, 6) is -0.0447. The molecule has 0 aliphatic heterocycles. The van der Waals surface area contributed by atoms with E-state index in [-0.39, 0.29) is 5.91 Å². The van der Waals surface area contributed by atoms with E-state index in [4.69, 9.17) is 0 Å². The third kappa shape index (κ3) is 3.81. The van der Waals surface area contributed by atoms with Crippen LogP contribution in [-0.2, 0) is 6.42 Å². The zero-order valence-electron chi connectivity index (χ0n) is 10.9. The Bertz CT molecular complexity index is 523. The highest BCUT2D eigenvalue weighted by Crippen LogP contribution is 2.08. The molecule has 2 N–H and O–H groups in total. The second kappa shape index (κ2) is 6.54. The second-order valence-corrected chi connectivity index (χ2v) is 4.19. The van der Waals surface area contributed by atoms with Gasteiger partial charge in [0, 0.05) is 37.2 Å². The molecule has 0 atom stereocenters. The summed E-state index contributed by atoms with van der Waals surface area (Å²) < 4.78 is 0. The van der Waals surface area contributed by atoms with Crippen molar-refractivity contribution in [1.29, 1.82) is 0 Å². The van der Waals surface area contributed by atoms with E-state index in [1.165, 1.54) is 5.56 Å². The highest BCUT2D eigenvalue weighted by atomic mass is 16.1. The van der Waals surface area contributed by atoms with Gasteiger partial charge in [0.15, 0.2) is 0 Å². The Morgan fingerprint density at radius 1 is 1.11 bits per heavy atom. The van der Waals surface area contributed by atoms with Crippen molar-refractivity contribution in [1.82, 2.24) is 10.3 Å². The van der Waals surface area contributed by atoms with Crippen LogP contribution in [0.1, 0.15) is 15.9 Å². The van der Waals surface area contributed by atoms with Crippen molar-refractivity contribution in [3.05, 3.63) is 59.9 Å². The quantitative estimate of drug-likeness (QED) is 0.860. The van der Waals surface area contributed by atoms with Crippen LogP contribution in [0.15, 0.2) is 48.8 Å². The summed E-state index contributed by atoms with van der Waals surface area (Å²) >= 11 is 0. The van der Waals surface area contributed by atoms with E-state index >= 15 is 0 Å². The summed E-state index contributed by atoms with van der Waals surface area (Å²) in [4.78, 5) is 15.8. The summed E-state index contributed by atoms with van der Waals surface area (Å²) in [6, 6.07) is 11.3. The number of carbonyl (C=O) groups excluding carboxylic acids is 1. The van der Waals surface area contributed by atoms with E-state index in [0.29, 0.717) is 12.1 Å². The van der Waals surface area contributed by atoms with Crippen molar-refractivity contribution in [2.75, 3.05) is 18.9 Å². The molecule has 1 aromatic carbocycles. The molecule has 2 rings (SSSR count). The highest BCUT2D eigenvalue weighted by Gasteiger charge is 2.04. The number of benzene rings is 1. The monoisotopic (exact) mass is 255 g/mol. The number of aromatic nitrogens is 1. The third-order valence-corrected chi connectivity index (χ3v) is 2.88. The van der Waals surface area contributed by atoms with Crippen LogP contribution in [0, 0.1) is 0 Å². The number of hydrogen-bond donors (Lipinski definition) is 2. The molecule has 0 saturated heterocycles. The standard InChI is InChI=1S/C15H17N3O/c1-16-14-4-2-13(3-5-14)15(19)18-11-8-12-6-9-17-10-7-12/h2-7,9-10,16H,8,11H2,1H3,(H,18,19).